The van der Waals surface area contributed by atoms with Crippen molar-refractivity contribution in [2.45, 2.75) is 39.8 Å². The largest absolute Gasteiger partial charge is 0.359 e. The lowest BCUT2D eigenvalue weighted by Crippen LogP contribution is -2.36. The molecule has 0 aliphatic carbocycles. The number of aliphatic imine (C=N–C) groups is 1. The Morgan fingerprint density at radius 3 is 2.47 bits per heavy atom. The number of nitrogens with two attached hydrogens (primary N) is 1. The molecule has 0 saturated heterocycles. The fourth-order valence-electron chi connectivity index (χ4n) is 1.54. The molecule has 0 saturated carbocycles. The highest BCUT2D eigenvalue weighted by molar-refractivity contribution is 5.95. The number of hydrogen-bond donors (Lipinski definition) is 3. The lowest BCUT2D eigenvalue weighted by atomic mass is 10.2. The van der Waals surface area contributed by atoms with Crippen LogP contribution in [0.2, 0.25) is 0 Å². The third kappa shape index (κ3) is 5.35. The van der Waals surface area contributed by atoms with Gasteiger partial charge in [-0.05, 0) is 45.7 Å². The van der Waals surface area contributed by atoms with Crippen LogP contribution in [0, 0.1) is 12.0 Å². The summed E-state index contributed by atoms with van der Waals surface area (Å²) >= 11 is 0. The van der Waals surface area contributed by atoms with E-state index >= 15 is 0 Å². The van der Waals surface area contributed by atoms with Gasteiger partial charge in [-0.2, -0.15) is 0 Å². The molecule has 4 heteroatoms. The van der Waals surface area contributed by atoms with Crippen molar-refractivity contribution in [2.75, 3.05) is 5.32 Å². The van der Waals surface area contributed by atoms with Gasteiger partial charge in [0.1, 0.15) is 0 Å². The summed E-state index contributed by atoms with van der Waals surface area (Å²) in [4.78, 5) is 4.53. The van der Waals surface area contributed by atoms with Gasteiger partial charge in [-0.3, -0.25) is 4.99 Å². The van der Waals surface area contributed by atoms with Gasteiger partial charge in [0.05, 0.1) is 5.69 Å². The highest BCUT2D eigenvalue weighted by Crippen LogP contribution is 2.13. The molecule has 4 N–H and O–H groups in total. The van der Waals surface area contributed by atoms with Gasteiger partial charge in [-0.25, -0.2) is 0 Å². The van der Waals surface area contributed by atoms with E-state index in [0.29, 0.717) is 6.04 Å². The zero-order valence-corrected chi connectivity index (χ0v) is 12.0. The van der Waals surface area contributed by atoms with Crippen molar-refractivity contribution in [3.63, 3.8) is 0 Å². The SMILES string of the molecule is CC(C)N=C(Nc1ccccc1C#CN)NC(C)C. The Hall–Kier alpha value is -2.15. The van der Waals surface area contributed by atoms with Gasteiger partial charge in [0.25, 0.3) is 0 Å². The molecule has 0 aromatic heterocycles. The molecule has 0 aliphatic rings. The van der Waals surface area contributed by atoms with Crippen LogP contribution in [-0.4, -0.2) is 18.0 Å². The third-order valence-electron chi connectivity index (χ3n) is 2.20. The van der Waals surface area contributed by atoms with Gasteiger partial charge >= 0.3 is 0 Å². The predicted octanol–water partition coefficient (Wildman–Crippen LogP) is 2.13. The second-order valence-electron chi connectivity index (χ2n) is 4.81. The van der Waals surface area contributed by atoms with Crippen molar-refractivity contribution in [3.05, 3.63) is 29.8 Å². The molecule has 0 heterocycles. The number of benzene rings is 1. The minimum atomic E-state index is 0.210. The van der Waals surface area contributed by atoms with E-state index in [-0.39, 0.29) is 6.04 Å². The van der Waals surface area contributed by atoms with Crippen molar-refractivity contribution in [1.82, 2.24) is 5.32 Å². The number of guanidine groups is 1. The maximum Gasteiger partial charge on any atom is 0.196 e. The van der Waals surface area contributed by atoms with Crippen LogP contribution in [0.3, 0.4) is 0 Å². The van der Waals surface area contributed by atoms with Crippen LogP contribution in [0.4, 0.5) is 5.69 Å². The Kier molecular flexibility index (Phi) is 5.74. The maximum absolute atomic E-state index is 5.29. The fourth-order valence-corrected chi connectivity index (χ4v) is 1.54. The molecule has 0 fully saturated rings. The molecule has 0 bridgehead atoms. The summed E-state index contributed by atoms with van der Waals surface area (Å²) in [5, 5.41) is 6.56. The Balaban J connectivity index is 2.98. The van der Waals surface area contributed by atoms with Crippen molar-refractivity contribution >= 4 is 11.6 Å². The number of anilines is 1. The average Bonchev–Trinajstić information content (AvgIpc) is 2.30. The summed E-state index contributed by atoms with van der Waals surface area (Å²) in [5.41, 5.74) is 7.04. The number of rotatable bonds is 3. The van der Waals surface area contributed by atoms with E-state index < -0.39 is 0 Å². The molecular weight excluding hydrogens is 236 g/mol. The minimum absolute atomic E-state index is 0.210. The Morgan fingerprint density at radius 1 is 1.21 bits per heavy atom. The quantitative estimate of drug-likeness (QED) is 0.337. The van der Waals surface area contributed by atoms with Gasteiger partial charge < -0.3 is 16.4 Å². The van der Waals surface area contributed by atoms with Gasteiger partial charge in [-0.15, -0.1) is 0 Å². The van der Waals surface area contributed by atoms with Crippen LogP contribution in [0.1, 0.15) is 33.3 Å². The first-order chi connectivity index (χ1) is 9.02. The van der Waals surface area contributed by atoms with E-state index in [4.69, 9.17) is 5.73 Å². The van der Waals surface area contributed by atoms with Crippen LogP contribution in [-0.2, 0) is 0 Å². The van der Waals surface area contributed by atoms with Crippen molar-refractivity contribution in [2.24, 2.45) is 10.7 Å². The van der Waals surface area contributed by atoms with E-state index in [1.165, 1.54) is 0 Å². The second-order valence-corrected chi connectivity index (χ2v) is 4.81. The summed E-state index contributed by atoms with van der Waals surface area (Å²) in [6, 6.07) is 10.7. The average molecular weight is 258 g/mol. The zero-order chi connectivity index (χ0) is 14.3. The minimum Gasteiger partial charge on any atom is -0.359 e. The number of hydrogen-bond acceptors (Lipinski definition) is 2. The second kappa shape index (κ2) is 7.32. The zero-order valence-electron chi connectivity index (χ0n) is 12.0. The first-order valence-corrected chi connectivity index (χ1v) is 6.45. The van der Waals surface area contributed by atoms with E-state index in [1.807, 2.05) is 38.1 Å². The number of nitrogens with zero attached hydrogens (tertiary/aromatic N) is 1. The highest BCUT2D eigenvalue weighted by atomic mass is 15.2. The Labute approximate surface area is 115 Å². The smallest absolute Gasteiger partial charge is 0.196 e. The molecule has 0 unspecified atom stereocenters. The molecule has 0 amide bonds. The lowest BCUT2D eigenvalue weighted by molar-refractivity contribution is 0.717. The normalized spacial score (nSPS) is 11.2. The van der Waals surface area contributed by atoms with E-state index in [2.05, 4.69) is 41.4 Å². The lowest BCUT2D eigenvalue weighted by Gasteiger charge is -2.17. The van der Waals surface area contributed by atoms with Crippen molar-refractivity contribution in [3.8, 4) is 12.0 Å². The van der Waals surface area contributed by atoms with Gasteiger partial charge in [-0.1, -0.05) is 12.1 Å². The Bertz CT molecular complexity index is 492. The molecular formula is C15H22N4. The molecule has 1 aromatic rings. The molecule has 102 valence electrons. The van der Waals surface area contributed by atoms with Crippen LogP contribution in [0.5, 0.6) is 0 Å². The van der Waals surface area contributed by atoms with Crippen LogP contribution in [0.15, 0.2) is 29.3 Å². The predicted molar refractivity (Wildman–Crippen MR) is 82.0 cm³/mol. The number of nitrogens with one attached hydrogen (secondary N) is 2. The van der Waals surface area contributed by atoms with Crippen molar-refractivity contribution < 1.29 is 0 Å². The molecule has 4 nitrogen and oxygen atoms in total. The highest BCUT2D eigenvalue weighted by Gasteiger charge is 2.05. The first-order valence-electron chi connectivity index (χ1n) is 6.45. The molecule has 19 heavy (non-hydrogen) atoms. The van der Waals surface area contributed by atoms with E-state index in [9.17, 15) is 0 Å². The van der Waals surface area contributed by atoms with Gasteiger partial charge in [0.15, 0.2) is 5.96 Å². The van der Waals surface area contributed by atoms with Gasteiger partial charge in [0.2, 0.25) is 0 Å². The van der Waals surface area contributed by atoms with Gasteiger partial charge in [0, 0.05) is 23.7 Å². The number of para-hydroxylation sites is 1. The standard InChI is InChI=1S/C15H22N4/c1-11(2)17-15(18-12(3)4)19-14-8-6-5-7-13(14)9-10-16/h5-8,11-12H,16H2,1-4H3,(H2,17,18,19). The molecule has 1 rings (SSSR count). The summed E-state index contributed by atoms with van der Waals surface area (Å²) < 4.78 is 0. The van der Waals surface area contributed by atoms with Crippen LogP contribution in [0.25, 0.3) is 0 Å². The fraction of sp³-hybridized carbons (Fsp3) is 0.400. The molecule has 0 radical (unpaired) electrons. The summed E-state index contributed by atoms with van der Waals surface area (Å²) in [7, 11) is 0. The topological polar surface area (TPSA) is 62.4 Å². The molecule has 0 aliphatic heterocycles. The molecule has 0 atom stereocenters. The summed E-state index contributed by atoms with van der Waals surface area (Å²) in [5.74, 6) is 3.62. The first kappa shape index (κ1) is 14.9. The van der Waals surface area contributed by atoms with Crippen LogP contribution >= 0.6 is 0 Å². The monoisotopic (exact) mass is 258 g/mol. The van der Waals surface area contributed by atoms with Crippen LogP contribution < -0.4 is 16.4 Å². The van der Waals surface area contributed by atoms with Crippen molar-refractivity contribution in [1.29, 1.82) is 0 Å². The summed E-state index contributed by atoms with van der Waals surface area (Å²) in [6.07, 6.45) is 0. The summed E-state index contributed by atoms with van der Waals surface area (Å²) in [6.45, 7) is 8.22. The Morgan fingerprint density at radius 2 is 1.89 bits per heavy atom. The maximum atomic E-state index is 5.29. The van der Waals surface area contributed by atoms with E-state index in [1.54, 1.807) is 0 Å². The molecule has 1 aromatic carbocycles. The molecule has 0 spiro atoms. The van der Waals surface area contributed by atoms with E-state index in [0.717, 1.165) is 17.2 Å². The third-order valence-corrected chi connectivity index (χ3v) is 2.20.